The van der Waals surface area contributed by atoms with Gasteiger partial charge in [-0.1, -0.05) is 0 Å². The predicted molar refractivity (Wildman–Crippen MR) is 55.5 cm³/mol. The van der Waals surface area contributed by atoms with E-state index in [-0.39, 0.29) is 6.54 Å². The predicted octanol–water partition coefficient (Wildman–Crippen LogP) is 0.182. The first-order valence-corrected chi connectivity index (χ1v) is 6.16. The van der Waals surface area contributed by atoms with Crippen molar-refractivity contribution in [1.82, 2.24) is 9.71 Å². The second kappa shape index (κ2) is 5.04. The molecule has 0 amide bonds. The van der Waals surface area contributed by atoms with Gasteiger partial charge in [0.1, 0.15) is 11.6 Å². The first kappa shape index (κ1) is 11.9. The lowest BCUT2D eigenvalue weighted by Crippen LogP contribution is -2.27. The van der Waals surface area contributed by atoms with Gasteiger partial charge in [0.15, 0.2) is 0 Å². The van der Waals surface area contributed by atoms with Crippen molar-refractivity contribution < 1.29 is 12.8 Å². The van der Waals surface area contributed by atoms with E-state index < -0.39 is 15.8 Å². The van der Waals surface area contributed by atoms with Crippen LogP contribution < -0.4 is 10.0 Å². The molecule has 5 nitrogen and oxygen atoms in total. The lowest BCUT2D eigenvalue weighted by atomic mass is 10.4. The third kappa shape index (κ3) is 5.28. The van der Waals surface area contributed by atoms with Gasteiger partial charge in [-0.3, -0.25) is 0 Å². The van der Waals surface area contributed by atoms with Gasteiger partial charge in [0.05, 0.1) is 12.5 Å². The van der Waals surface area contributed by atoms with E-state index in [4.69, 9.17) is 0 Å². The van der Waals surface area contributed by atoms with Gasteiger partial charge in [-0.05, 0) is 12.1 Å². The first-order chi connectivity index (χ1) is 6.97. The largest absolute Gasteiger partial charge is 0.369 e. The van der Waals surface area contributed by atoms with Crippen molar-refractivity contribution in [3.8, 4) is 0 Å². The van der Waals surface area contributed by atoms with Crippen molar-refractivity contribution in [2.45, 2.75) is 0 Å². The summed E-state index contributed by atoms with van der Waals surface area (Å²) in [6.45, 7) is 0.656. The van der Waals surface area contributed by atoms with Crippen LogP contribution in [0.2, 0.25) is 0 Å². The van der Waals surface area contributed by atoms with Gasteiger partial charge in [0.2, 0.25) is 10.0 Å². The van der Waals surface area contributed by atoms with E-state index in [1.165, 1.54) is 12.1 Å². The SMILES string of the molecule is CS(=O)(=O)NCCNc1ccc(F)cn1. The first-order valence-electron chi connectivity index (χ1n) is 4.27. The molecule has 7 heteroatoms. The summed E-state index contributed by atoms with van der Waals surface area (Å²) in [6.07, 6.45) is 2.18. The molecule has 0 aromatic carbocycles. The zero-order valence-corrected chi connectivity index (χ0v) is 9.01. The van der Waals surface area contributed by atoms with Crippen molar-refractivity contribution in [2.75, 3.05) is 24.7 Å². The average Bonchev–Trinajstić information content (AvgIpc) is 2.14. The fourth-order valence-corrected chi connectivity index (χ4v) is 1.38. The second-order valence-electron chi connectivity index (χ2n) is 2.95. The van der Waals surface area contributed by atoms with E-state index in [1.54, 1.807) is 0 Å². The summed E-state index contributed by atoms with van der Waals surface area (Å²) in [5.74, 6) is 0.0986. The van der Waals surface area contributed by atoms with Crippen LogP contribution in [-0.2, 0) is 10.0 Å². The van der Waals surface area contributed by atoms with E-state index >= 15 is 0 Å². The Morgan fingerprint density at radius 1 is 1.40 bits per heavy atom. The van der Waals surface area contributed by atoms with Crippen molar-refractivity contribution >= 4 is 15.8 Å². The minimum Gasteiger partial charge on any atom is -0.369 e. The van der Waals surface area contributed by atoms with Gasteiger partial charge in [0, 0.05) is 13.1 Å². The minimum atomic E-state index is -3.16. The third-order valence-electron chi connectivity index (χ3n) is 1.52. The number of nitrogens with one attached hydrogen (secondary N) is 2. The molecule has 0 aliphatic heterocycles. The van der Waals surface area contributed by atoms with Crippen LogP contribution in [0.25, 0.3) is 0 Å². The smallest absolute Gasteiger partial charge is 0.208 e. The van der Waals surface area contributed by atoms with E-state index in [2.05, 4.69) is 15.0 Å². The Hall–Kier alpha value is -1.21. The Bertz CT molecular complexity index is 404. The highest BCUT2D eigenvalue weighted by atomic mass is 32.2. The number of hydrogen-bond acceptors (Lipinski definition) is 4. The van der Waals surface area contributed by atoms with Crippen LogP contribution in [0.15, 0.2) is 18.3 Å². The maximum atomic E-state index is 12.4. The molecule has 0 radical (unpaired) electrons. The molecule has 0 saturated carbocycles. The fourth-order valence-electron chi connectivity index (χ4n) is 0.907. The van der Waals surface area contributed by atoms with Gasteiger partial charge in [-0.25, -0.2) is 22.5 Å². The third-order valence-corrected chi connectivity index (χ3v) is 2.25. The summed E-state index contributed by atoms with van der Waals surface area (Å²) in [5.41, 5.74) is 0. The molecule has 1 heterocycles. The van der Waals surface area contributed by atoms with Crippen molar-refractivity contribution in [3.05, 3.63) is 24.1 Å². The molecule has 0 spiro atoms. The van der Waals surface area contributed by atoms with Crippen LogP contribution in [0.1, 0.15) is 0 Å². The molecule has 0 aliphatic rings. The van der Waals surface area contributed by atoms with Gasteiger partial charge < -0.3 is 5.32 Å². The molecule has 15 heavy (non-hydrogen) atoms. The monoisotopic (exact) mass is 233 g/mol. The van der Waals surface area contributed by atoms with Gasteiger partial charge in [0.25, 0.3) is 0 Å². The summed E-state index contributed by atoms with van der Waals surface area (Å²) >= 11 is 0. The number of halogens is 1. The molecule has 1 aromatic heterocycles. The number of sulfonamides is 1. The average molecular weight is 233 g/mol. The van der Waals surface area contributed by atoms with Crippen LogP contribution >= 0.6 is 0 Å². The van der Waals surface area contributed by atoms with E-state index in [0.29, 0.717) is 12.4 Å². The molecule has 0 saturated heterocycles. The van der Waals surface area contributed by atoms with Gasteiger partial charge >= 0.3 is 0 Å². The summed E-state index contributed by atoms with van der Waals surface area (Å²) < 4.78 is 36.1. The Morgan fingerprint density at radius 2 is 2.13 bits per heavy atom. The Morgan fingerprint density at radius 3 is 2.67 bits per heavy atom. The molecule has 2 N–H and O–H groups in total. The molecule has 1 aromatic rings. The fraction of sp³-hybridized carbons (Fsp3) is 0.375. The summed E-state index contributed by atoms with van der Waals surface area (Å²) in [5, 5.41) is 2.84. The number of pyridine rings is 1. The number of aromatic nitrogens is 1. The number of rotatable bonds is 5. The number of anilines is 1. The number of nitrogens with zero attached hydrogens (tertiary/aromatic N) is 1. The lowest BCUT2D eigenvalue weighted by Gasteiger charge is -2.05. The molecule has 0 unspecified atom stereocenters. The van der Waals surface area contributed by atoms with Crippen LogP contribution in [-0.4, -0.2) is 32.7 Å². The van der Waals surface area contributed by atoms with E-state index in [0.717, 1.165) is 12.5 Å². The van der Waals surface area contributed by atoms with E-state index in [9.17, 15) is 12.8 Å². The van der Waals surface area contributed by atoms with Crippen molar-refractivity contribution in [1.29, 1.82) is 0 Å². The highest BCUT2D eigenvalue weighted by molar-refractivity contribution is 7.88. The molecule has 0 atom stereocenters. The highest BCUT2D eigenvalue weighted by Crippen LogP contribution is 2.02. The van der Waals surface area contributed by atoms with Crippen LogP contribution in [0.5, 0.6) is 0 Å². The summed E-state index contributed by atoms with van der Waals surface area (Å²) in [7, 11) is -3.16. The molecular weight excluding hydrogens is 221 g/mol. The summed E-state index contributed by atoms with van der Waals surface area (Å²) in [4.78, 5) is 3.75. The zero-order valence-electron chi connectivity index (χ0n) is 8.20. The zero-order chi connectivity index (χ0) is 11.3. The highest BCUT2D eigenvalue weighted by Gasteiger charge is 1.99. The molecular formula is C8H12FN3O2S. The van der Waals surface area contributed by atoms with Crippen molar-refractivity contribution in [3.63, 3.8) is 0 Å². The van der Waals surface area contributed by atoms with Gasteiger partial charge in [-0.2, -0.15) is 0 Å². The van der Waals surface area contributed by atoms with Crippen LogP contribution in [0.4, 0.5) is 10.2 Å². The van der Waals surface area contributed by atoms with Crippen LogP contribution in [0.3, 0.4) is 0 Å². The Labute approximate surface area is 87.8 Å². The molecule has 0 aliphatic carbocycles. The number of hydrogen-bond donors (Lipinski definition) is 2. The maximum absolute atomic E-state index is 12.4. The Balaban J connectivity index is 2.29. The minimum absolute atomic E-state index is 0.262. The molecule has 0 fully saturated rings. The molecule has 84 valence electrons. The Kier molecular flexibility index (Phi) is 3.98. The molecule has 0 bridgehead atoms. The topological polar surface area (TPSA) is 71.1 Å². The second-order valence-corrected chi connectivity index (χ2v) is 4.79. The summed E-state index contributed by atoms with van der Waals surface area (Å²) in [6, 6.07) is 2.76. The standard InChI is InChI=1S/C8H12FN3O2S/c1-15(13,14)12-5-4-10-8-3-2-7(9)6-11-8/h2-3,6,12H,4-5H2,1H3,(H,10,11). The maximum Gasteiger partial charge on any atom is 0.208 e. The van der Waals surface area contributed by atoms with E-state index in [1.807, 2.05) is 0 Å². The van der Waals surface area contributed by atoms with Gasteiger partial charge in [-0.15, -0.1) is 0 Å². The quantitative estimate of drug-likeness (QED) is 0.712. The lowest BCUT2D eigenvalue weighted by molar-refractivity contribution is 0.589. The van der Waals surface area contributed by atoms with Crippen molar-refractivity contribution in [2.24, 2.45) is 0 Å². The van der Waals surface area contributed by atoms with Crippen LogP contribution in [0, 0.1) is 5.82 Å². The normalized spacial score (nSPS) is 11.3. The molecule has 1 rings (SSSR count).